The maximum atomic E-state index is 11.4. The van der Waals surface area contributed by atoms with Crippen molar-refractivity contribution in [3.8, 4) is 0 Å². The van der Waals surface area contributed by atoms with Gasteiger partial charge in [-0.1, -0.05) is 13.0 Å². The van der Waals surface area contributed by atoms with E-state index in [0.29, 0.717) is 12.2 Å². The van der Waals surface area contributed by atoms with Crippen LogP contribution < -0.4 is 10.6 Å². The van der Waals surface area contributed by atoms with Crippen LogP contribution in [-0.2, 0) is 4.79 Å². The van der Waals surface area contributed by atoms with Crippen molar-refractivity contribution in [1.29, 1.82) is 0 Å². The molecule has 0 spiro atoms. The molecule has 0 saturated carbocycles. The summed E-state index contributed by atoms with van der Waals surface area (Å²) < 4.78 is 0. The van der Waals surface area contributed by atoms with Crippen LogP contribution in [0.15, 0.2) is 18.2 Å². The molecule has 2 N–H and O–H groups in total. The minimum atomic E-state index is -0.467. The first-order valence-electron chi connectivity index (χ1n) is 5.80. The van der Waals surface area contributed by atoms with Gasteiger partial charge in [0.1, 0.15) is 5.69 Å². The van der Waals surface area contributed by atoms with Crippen molar-refractivity contribution in [1.82, 2.24) is 5.32 Å². The molecule has 0 bridgehead atoms. The van der Waals surface area contributed by atoms with Crippen LogP contribution in [0.5, 0.6) is 0 Å². The molecule has 98 valence electrons. The van der Waals surface area contributed by atoms with Gasteiger partial charge in [0.2, 0.25) is 5.91 Å². The number of hydrogen-bond donors (Lipinski definition) is 2. The van der Waals surface area contributed by atoms with Gasteiger partial charge < -0.3 is 10.6 Å². The van der Waals surface area contributed by atoms with Crippen LogP contribution in [0.25, 0.3) is 0 Å². The standard InChI is InChI=1S/C12H17N3O3/c1-3-6-13-12(16)8-14-10-7-9(2)4-5-11(10)15(17)18/h4-5,7,14H,3,6,8H2,1-2H3,(H,13,16). The lowest BCUT2D eigenvalue weighted by Gasteiger charge is -2.08. The van der Waals surface area contributed by atoms with E-state index in [4.69, 9.17) is 0 Å². The second-order valence-electron chi connectivity index (χ2n) is 3.98. The molecule has 18 heavy (non-hydrogen) atoms. The van der Waals surface area contributed by atoms with Gasteiger partial charge in [-0.15, -0.1) is 0 Å². The first kappa shape index (κ1) is 14.0. The third-order valence-corrected chi connectivity index (χ3v) is 2.36. The van der Waals surface area contributed by atoms with Crippen molar-refractivity contribution in [2.75, 3.05) is 18.4 Å². The van der Waals surface area contributed by atoms with Crippen LogP contribution >= 0.6 is 0 Å². The zero-order chi connectivity index (χ0) is 13.5. The van der Waals surface area contributed by atoms with Crippen molar-refractivity contribution in [2.45, 2.75) is 20.3 Å². The number of carbonyl (C=O) groups excluding carboxylic acids is 1. The highest BCUT2D eigenvalue weighted by atomic mass is 16.6. The first-order valence-corrected chi connectivity index (χ1v) is 5.80. The summed E-state index contributed by atoms with van der Waals surface area (Å²) in [5.41, 5.74) is 1.24. The lowest BCUT2D eigenvalue weighted by Crippen LogP contribution is -2.30. The number of rotatable bonds is 6. The fraction of sp³-hybridized carbons (Fsp3) is 0.417. The summed E-state index contributed by atoms with van der Waals surface area (Å²) in [5, 5.41) is 16.3. The van der Waals surface area contributed by atoms with Crippen LogP contribution in [0.2, 0.25) is 0 Å². The zero-order valence-corrected chi connectivity index (χ0v) is 10.5. The predicted molar refractivity (Wildman–Crippen MR) is 69.6 cm³/mol. The predicted octanol–water partition coefficient (Wildman–Crippen LogP) is 1.84. The SMILES string of the molecule is CCCNC(=O)CNc1cc(C)ccc1[N+](=O)[O-]. The molecule has 0 aromatic heterocycles. The molecular weight excluding hydrogens is 234 g/mol. The van der Waals surface area contributed by atoms with Crippen LogP contribution in [0, 0.1) is 17.0 Å². The number of nitrogens with one attached hydrogen (secondary N) is 2. The molecule has 0 aliphatic heterocycles. The number of benzene rings is 1. The van der Waals surface area contributed by atoms with E-state index in [-0.39, 0.29) is 18.1 Å². The van der Waals surface area contributed by atoms with Crippen LogP contribution in [-0.4, -0.2) is 23.9 Å². The highest BCUT2D eigenvalue weighted by Gasteiger charge is 2.13. The number of nitro groups is 1. The largest absolute Gasteiger partial charge is 0.371 e. The third-order valence-electron chi connectivity index (χ3n) is 2.36. The van der Waals surface area contributed by atoms with Crippen LogP contribution in [0.4, 0.5) is 11.4 Å². The zero-order valence-electron chi connectivity index (χ0n) is 10.5. The molecule has 1 aromatic rings. The molecule has 1 aromatic carbocycles. The number of nitro benzene ring substituents is 1. The molecule has 0 fully saturated rings. The third kappa shape index (κ3) is 4.04. The summed E-state index contributed by atoms with van der Waals surface area (Å²) in [6.45, 7) is 4.44. The number of carbonyl (C=O) groups is 1. The second kappa shape index (κ2) is 6.58. The number of anilines is 1. The molecule has 6 heteroatoms. The second-order valence-corrected chi connectivity index (χ2v) is 3.98. The van der Waals surface area contributed by atoms with Crippen molar-refractivity contribution in [3.05, 3.63) is 33.9 Å². The van der Waals surface area contributed by atoms with E-state index in [2.05, 4.69) is 10.6 Å². The lowest BCUT2D eigenvalue weighted by atomic mass is 10.2. The maximum absolute atomic E-state index is 11.4. The topological polar surface area (TPSA) is 84.3 Å². The molecule has 0 aliphatic rings. The average molecular weight is 251 g/mol. The van der Waals surface area contributed by atoms with Gasteiger partial charge in [0, 0.05) is 12.6 Å². The van der Waals surface area contributed by atoms with E-state index in [1.54, 1.807) is 12.1 Å². The van der Waals surface area contributed by atoms with E-state index in [9.17, 15) is 14.9 Å². The lowest BCUT2D eigenvalue weighted by molar-refractivity contribution is -0.384. The number of aryl methyl sites for hydroxylation is 1. The minimum Gasteiger partial charge on any atom is -0.371 e. The number of nitrogens with zero attached hydrogens (tertiary/aromatic N) is 1. The smallest absolute Gasteiger partial charge is 0.292 e. The fourth-order valence-electron chi connectivity index (χ4n) is 1.45. The van der Waals surface area contributed by atoms with E-state index in [0.717, 1.165) is 12.0 Å². The van der Waals surface area contributed by atoms with E-state index in [1.807, 2.05) is 13.8 Å². The molecule has 6 nitrogen and oxygen atoms in total. The minimum absolute atomic E-state index is 0.0242. The Balaban J connectivity index is 2.68. The molecular formula is C12H17N3O3. The normalized spacial score (nSPS) is 9.89. The van der Waals surface area contributed by atoms with Gasteiger partial charge in [-0.05, 0) is 25.0 Å². The summed E-state index contributed by atoms with van der Waals surface area (Å²) in [6.07, 6.45) is 0.857. The van der Waals surface area contributed by atoms with E-state index < -0.39 is 4.92 Å². The van der Waals surface area contributed by atoms with Gasteiger partial charge in [-0.2, -0.15) is 0 Å². The Bertz CT molecular complexity index is 446. The Morgan fingerprint density at radius 2 is 2.17 bits per heavy atom. The molecule has 1 amide bonds. The summed E-state index contributed by atoms with van der Waals surface area (Å²) in [6, 6.07) is 4.76. The van der Waals surface area contributed by atoms with Crippen molar-refractivity contribution >= 4 is 17.3 Å². The summed E-state index contributed by atoms with van der Waals surface area (Å²) in [5.74, 6) is -0.173. The van der Waals surface area contributed by atoms with Gasteiger partial charge in [-0.3, -0.25) is 14.9 Å². The molecule has 0 unspecified atom stereocenters. The molecule has 1 rings (SSSR count). The van der Waals surface area contributed by atoms with Gasteiger partial charge >= 0.3 is 0 Å². The van der Waals surface area contributed by atoms with Crippen molar-refractivity contribution in [3.63, 3.8) is 0 Å². The van der Waals surface area contributed by atoms with E-state index in [1.165, 1.54) is 6.07 Å². The Kier molecular flexibility index (Phi) is 5.10. The highest BCUT2D eigenvalue weighted by Crippen LogP contribution is 2.24. The summed E-state index contributed by atoms with van der Waals surface area (Å²) in [4.78, 5) is 21.7. The van der Waals surface area contributed by atoms with Crippen molar-refractivity contribution in [2.24, 2.45) is 0 Å². The average Bonchev–Trinajstić information content (AvgIpc) is 2.33. The van der Waals surface area contributed by atoms with Crippen LogP contribution in [0.3, 0.4) is 0 Å². The quantitative estimate of drug-likeness (QED) is 0.597. The Morgan fingerprint density at radius 3 is 2.78 bits per heavy atom. The summed E-state index contributed by atoms with van der Waals surface area (Å²) in [7, 11) is 0. The monoisotopic (exact) mass is 251 g/mol. The van der Waals surface area contributed by atoms with Gasteiger partial charge in [0.25, 0.3) is 5.69 Å². The number of hydrogen-bond acceptors (Lipinski definition) is 4. The fourth-order valence-corrected chi connectivity index (χ4v) is 1.45. The Labute approximate surface area is 106 Å². The molecule has 0 radical (unpaired) electrons. The van der Waals surface area contributed by atoms with Crippen LogP contribution in [0.1, 0.15) is 18.9 Å². The summed E-state index contributed by atoms with van der Waals surface area (Å²) >= 11 is 0. The molecule has 0 heterocycles. The maximum Gasteiger partial charge on any atom is 0.292 e. The van der Waals surface area contributed by atoms with Gasteiger partial charge in [0.05, 0.1) is 11.5 Å². The number of amides is 1. The van der Waals surface area contributed by atoms with Gasteiger partial charge in [0.15, 0.2) is 0 Å². The first-order chi connectivity index (χ1) is 8.54. The molecule has 0 aliphatic carbocycles. The van der Waals surface area contributed by atoms with E-state index >= 15 is 0 Å². The van der Waals surface area contributed by atoms with Crippen molar-refractivity contribution < 1.29 is 9.72 Å². The highest BCUT2D eigenvalue weighted by molar-refractivity contribution is 5.81. The Morgan fingerprint density at radius 1 is 1.44 bits per heavy atom. The molecule has 0 atom stereocenters. The Hall–Kier alpha value is -2.11. The molecule has 0 saturated heterocycles. The van der Waals surface area contributed by atoms with Gasteiger partial charge in [-0.25, -0.2) is 0 Å².